The van der Waals surface area contributed by atoms with Crippen LogP contribution in [0.25, 0.3) is 10.9 Å². The second-order valence-electron chi connectivity index (χ2n) is 3.04. The molecule has 6 heteroatoms. The molecular formula is C9H8BrN3O2. The summed E-state index contributed by atoms with van der Waals surface area (Å²) in [6.07, 6.45) is -1.10. The maximum atomic E-state index is 10.6. The number of benzene rings is 1. The van der Waals surface area contributed by atoms with Crippen molar-refractivity contribution in [3.05, 3.63) is 22.7 Å². The smallest absolute Gasteiger partial charge is 0.410 e. The molecule has 0 aliphatic heterocycles. The molecule has 0 aliphatic carbocycles. The van der Waals surface area contributed by atoms with Crippen molar-refractivity contribution in [1.29, 1.82) is 0 Å². The molecule has 2 N–H and O–H groups in total. The molecule has 0 atom stereocenters. The number of carboxylic acid groups (broad SMARTS) is 1. The Morgan fingerprint density at radius 3 is 3.00 bits per heavy atom. The molecule has 2 aromatic rings. The third-order valence-electron chi connectivity index (χ3n) is 2.04. The fourth-order valence-corrected chi connectivity index (χ4v) is 1.88. The number of hydrogen-bond donors (Lipinski definition) is 2. The molecule has 0 aliphatic rings. The zero-order valence-electron chi connectivity index (χ0n) is 7.86. The van der Waals surface area contributed by atoms with Gasteiger partial charge in [-0.05, 0) is 28.1 Å². The minimum Gasteiger partial charge on any atom is -0.465 e. The lowest BCUT2D eigenvalue weighted by molar-refractivity contribution is 0.209. The van der Waals surface area contributed by atoms with Crippen LogP contribution in [-0.2, 0) is 7.05 Å². The van der Waals surface area contributed by atoms with E-state index in [1.165, 1.54) is 4.68 Å². The van der Waals surface area contributed by atoms with Crippen LogP contribution in [0.3, 0.4) is 0 Å². The Morgan fingerprint density at radius 1 is 1.60 bits per heavy atom. The summed E-state index contributed by atoms with van der Waals surface area (Å²) in [4.78, 5) is 10.6. The largest absolute Gasteiger partial charge is 0.465 e. The van der Waals surface area contributed by atoms with Crippen LogP contribution in [0.4, 0.5) is 10.6 Å². The van der Waals surface area contributed by atoms with Gasteiger partial charge in [0.05, 0.1) is 0 Å². The van der Waals surface area contributed by atoms with Crippen LogP contribution in [0.2, 0.25) is 0 Å². The van der Waals surface area contributed by atoms with Gasteiger partial charge in [0.15, 0.2) is 0 Å². The number of fused-ring (bicyclic) bond motifs is 1. The minimum absolute atomic E-state index is 0.471. The molecule has 5 nitrogen and oxygen atoms in total. The maximum Gasteiger partial charge on any atom is 0.410 e. The zero-order chi connectivity index (χ0) is 11.0. The Balaban J connectivity index is 2.68. The van der Waals surface area contributed by atoms with Crippen molar-refractivity contribution in [2.75, 3.05) is 5.32 Å². The number of nitrogens with zero attached hydrogens (tertiary/aromatic N) is 2. The molecular weight excluding hydrogens is 262 g/mol. The van der Waals surface area contributed by atoms with E-state index in [1.807, 2.05) is 18.2 Å². The fraction of sp³-hybridized carbons (Fsp3) is 0.111. The van der Waals surface area contributed by atoms with Crippen LogP contribution in [0.15, 0.2) is 22.7 Å². The fourth-order valence-electron chi connectivity index (χ4n) is 1.43. The highest BCUT2D eigenvalue weighted by Crippen LogP contribution is 2.28. The lowest BCUT2D eigenvalue weighted by atomic mass is 10.2. The molecule has 0 bridgehead atoms. The molecule has 0 saturated carbocycles. The van der Waals surface area contributed by atoms with Crippen LogP contribution in [0.5, 0.6) is 0 Å². The van der Waals surface area contributed by atoms with Gasteiger partial charge in [0.1, 0.15) is 11.3 Å². The van der Waals surface area contributed by atoms with E-state index < -0.39 is 6.09 Å². The molecule has 15 heavy (non-hydrogen) atoms. The van der Waals surface area contributed by atoms with Gasteiger partial charge in [0.2, 0.25) is 0 Å². The summed E-state index contributed by atoms with van der Waals surface area (Å²) in [6, 6.07) is 5.51. The van der Waals surface area contributed by atoms with Crippen molar-refractivity contribution >= 4 is 38.7 Å². The Morgan fingerprint density at radius 2 is 2.33 bits per heavy atom. The average Bonchev–Trinajstić information content (AvgIpc) is 2.45. The van der Waals surface area contributed by atoms with Gasteiger partial charge in [0, 0.05) is 16.9 Å². The van der Waals surface area contributed by atoms with E-state index in [-0.39, 0.29) is 0 Å². The standard InChI is InChI=1S/C9H8BrN3O2/c1-13-8(11-9(14)15)5-3-2-4-6(10)7(5)12-13/h2-4,11H,1H3,(H,14,15). The van der Waals surface area contributed by atoms with E-state index in [1.54, 1.807) is 7.05 Å². The number of rotatable bonds is 1. The highest BCUT2D eigenvalue weighted by Gasteiger charge is 2.12. The molecule has 2 rings (SSSR count). The predicted molar refractivity (Wildman–Crippen MR) is 60.1 cm³/mol. The summed E-state index contributed by atoms with van der Waals surface area (Å²) < 4.78 is 2.35. The van der Waals surface area contributed by atoms with Crippen molar-refractivity contribution in [3.8, 4) is 0 Å². The van der Waals surface area contributed by atoms with Crippen molar-refractivity contribution < 1.29 is 9.90 Å². The summed E-state index contributed by atoms with van der Waals surface area (Å²) in [7, 11) is 1.69. The van der Waals surface area contributed by atoms with Gasteiger partial charge >= 0.3 is 6.09 Å². The van der Waals surface area contributed by atoms with E-state index >= 15 is 0 Å². The molecule has 0 spiro atoms. The molecule has 1 aromatic heterocycles. The van der Waals surface area contributed by atoms with Gasteiger partial charge in [-0.1, -0.05) is 6.07 Å². The Labute approximate surface area is 93.8 Å². The lowest BCUT2D eigenvalue weighted by Crippen LogP contribution is -2.11. The Kier molecular flexibility index (Phi) is 2.36. The van der Waals surface area contributed by atoms with E-state index in [9.17, 15) is 4.79 Å². The van der Waals surface area contributed by atoms with Crippen molar-refractivity contribution in [2.45, 2.75) is 0 Å². The first-order chi connectivity index (χ1) is 7.09. The predicted octanol–water partition coefficient (Wildman–Crippen LogP) is 2.43. The van der Waals surface area contributed by atoms with Crippen molar-refractivity contribution in [1.82, 2.24) is 9.78 Å². The van der Waals surface area contributed by atoms with E-state index in [0.717, 1.165) is 15.4 Å². The first kappa shape index (κ1) is 9.97. The molecule has 0 saturated heterocycles. The Hall–Kier alpha value is -1.56. The number of nitrogens with one attached hydrogen (secondary N) is 1. The highest BCUT2D eigenvalue weighted by atomic mass is 79.9. The monoisotopic (exact) mass is 269 g/mol. The summed E-state index contributed by atoms with van der Waals surface area (Å²) in [5.74, 6) is 0.471. The van der Waals surface area contributed by atoms with Gasteiger partial charge in [-0.15, -0.1) is 0 Å². The van der Waals surface area contributed by atoms with Crippen LogP contribution in [0.1, 0.15) is 0 Å². The summed E-state index contributed by atoms with van der Waals surface area (Å²) in [6.45, 7) is 0. The quantitative estimate of drug-likeness (QED) is 0.836. The van der Waals surface area contributed by atoms with Crippen LogP contribution in [0, 0.1) is 0 Å². The minimum atomic E-state index is -1.10. The number of carbonyl (C=O) groups is 1. The second-order valence-corrected chi connectivity index (χ2v) is 3.89. The number of anilines is 1. The van der Waals surface area contributed by atoms with Crippen molar-refractivity contribution in [3.63, 3.8) is 0 Å². The molecule has 0 fully saturated rings. The SMILES string of the molecule is Cn1nc2c(Br)cccc2c1NC(=O)O. The summed E-state index contributed by atoms with van der Waals surface area (Å²) >= 11 is 3.36. The number of amides is 1. The Bertz CT molecular complexity index is 535. The van der Waals surface area contributed by atoms with Crippen molar-refractivity contribution in [2.24, 2.45) is 7.05 Å². The molecule has 1 aromatic carbocycles. The topological polar surface area (TPSA) is 67.2 Å². The first-order valence-corrected chi connectivity index (χ1v) is 5.00. The molecule has 1 amide bonds. The van der Waals surface area contributed by atoms with Crippen LogP contribution >= 0.6 is 15.9 Å². The lowest BCUT2D eigenvalue weighted by Gasteiger charge is -2.00. The molecule has 78 valence electrons. The normalized spacial score (nSPS) is 10.5. The zero-order valence-corrected chi connectivity index (χ0v) is 9.45. The highest BCUT2D eigenvalue weighted by molar-refractivity contribution is 9.10. The third-order valence-corrected chi connectivity index (χ3v) is 2.68. The third kappa shape index (κ3) is 1.68. The molecule has 1 heterocycles. The second kappa shape index (κ2) is 3.54. The first-order valence-electron chi connectivity index (χ1n) is 4.21. The van der Waals surface area contributed by atoms with Gasteiger partial charge in [-0.25, -0.2) is 4.79 Å². The molecule has 0 unspecified atom stereocenters. The van der Waals surface area contributed by atoms with Gasteiger partial charge < -0.3 is 5.11 Å². The molecule has 0 radical (unpaired) electrons. The van der Waals surface area contributed by atoms with Gasteiger partial charge in [-0.2, -0.15) is 5.10 Å². The summed E-state index contributed by atoms with van der Waals surface area (Å²) in [5.41, 5.74) is 0.740. The van der Waals surface area contributed by atoms with E-state index in [2.05, 4.69) is 26.3 Å². The summed E-state index contributed by atoms with van der Waals surface area (Å²) in [5, 5.41) is 16.0. The van der Waals surface area contributed by atoms with Crippen LogP contribution in [-0.4, -0.2) is 21.0 Å². The average molecular weight is 270 g/mol. The van der Waals surface area contributed by atoms with Crippen LogP contribution < -0.4 is 5.32 Å². The number of aryl methyl sites for hydroxylation is 1. The maximum absolute atomic E-state index is 10.6. The number of halogens is 1. The number of aromatic nitrogens is 2. The van der Waals surface area contributed by atoms with Gasteiger partial charge in [-0.3, -0.25) is 10.00 Å². The van der Waals surface area contributed by atoms with E-state index in [0.29, 0.717) is 5.82 Å². The van der Waals surface area contributed by atoms with E-state index in [4.69, 9.17) is 5.11 Å². The number of hydrogen-bond acceptors (Lipinski definition) is 2. The van der Waals surface area contributed by atoms with Gasteiger partial charge in [0.25, 0.3) is 0 Å².